The molecule has 0 fully saturated rings. The van der Waals surface area contributed by atoms with Crippen LogP contribution in [0.5, 0.6) is 0 Å². The van der Waals surface area contributed by atoms with Gasteiger partial charge in [-0.15, -0.1) is 0 Å². The molecule has 0 spiro atoms. The van der Waals surface area contributed by atoms with Crippen LogP contribution in [0.15, 0.2) is 83.3 Å². The van der Waals surface area contributed by atoms with E-state index in [-0.39, 0.29) is 37.7 Å². The van der Waals surface area contributed by atoms with Crippen LogP contribution in [0.3, 0.4) is 0 Å². The lowest BCUT2D eigenvalue weighted by Crippen LogP contribution is -2.50. The molecule has 3 aromatic rings. The van der Waals surface area contributed by atoms with Crippen LogP contribution in [0.4, 0.5) is 10.1 Å². The van der Waals surface area contributed by atoms with Crippen LogP contribution < -0.4 is 9.62 Å². The highest BCUT2D eigenvalue weighted by Gasteiger charge is 2.30. The maximum Gasteiger partial charge on any atom is 0.243 e. The summed E-state index contributed by atoms with van der Waals surface area (Å²) in [6, 6.07) is 21.6. The predicted molar refractivity (Wildman–Crippen MR) is 164 cm³/mol. The van der Waals surface area contributed by atoms with Gasteiger partial charge in [-0.1, -0.05) is 71.7 Å². The molecule has 0 radical (unpaired) electrons. The molecule has 0 aliphatic heterocycles. The van der Waals surface area contributed by atoms with Gasteiger partial charge in [0.15, 0.2) is 0 Å². The molecule has 0 heterocycles. The Bertz CT molecular complexity index is 1370. The summed E-state index contributed by atoms with van der Waals surface area (Å²) in [6.07, 6.45) is 3.42. The molecule has 10 heteroatoms. The molecular weight excluding hydrogens is 609 g/mol. The summed E-state index contributed by atoms with van der Waals surface area (Å²) in [5, 5.41) is 3.00. The van der Waals surface area contributed by atoms with Gasteiger partial charge in [-0.25, -0.2) is 12.8 Å². The quantitative estimate of drug-likeness (QED) is 0.215. The largest absolute Gasteiger partial charge is 0.354 e. The van der Waals surface area contributed by atoms with E-state index < -0.39 is 21.9 Å². The number of nitrogens with one attached hydrogen (secondary N) is 1. The first-order valence-electron chi connectivity index (χ1n) is 13.7. The highest BCUT2D eigenvalue weighted by molar-refractivity contribution is 9.10. The normalized spacial score (nSPS) is 12.0. The zero-order valence-corrected chi connectivity index (χ0v) is 25.8. The van der Waals surface area contributed by atoms with Gasteiger partial charge in [0.2, 0.25) is 21.8 Å². The van der Waals surface area contributed by atoms with Gasteiger partial charge in [-0.3, -0.25) is 13.9 Å². The van der Waals surface area contributed by atoms with Gasteiger partial charge in [0, 0.05) is 36.9 Å². The Morgan fingerprint density at radius 1 is 0.927 bits per heavy atom. The summed E-state index contributed by atoms with van der Waals surface area (Å²) in [5.74, 6) is -0.952. The number of rotatable bonds is 15. The number of carbonyl (C=O) groups excluding carboxylic acids is 2. The average Bonchev–Trinajstić information content (AvgIpc) is 2.94. The first-order chi connectivity index (χ1) is 19.6. The zero-order valence-electron chi connectivity index (χ0n) is 23.4. The second kappa shape index (κ2) is 15.7. The molecule has 0 aliphatic rings. The minimum absolute atomic E-state index is 0.0251. The fourth-order valence-corrected chi connectivity index (χ4v) is 5.69. The van der Waals surface area contributed by atoms with E-state index in [2.05, 4.69) is 21.2 Å². The number of sulfonamides is 1. The number of benzene rings is 3. The van der Waals surface area contributed by atoms with Crippen LogP contribution in [-0.4, -0.2) is 50.5 Å². The Labute approximate surface area is 250 Å². The highest BCUT2D eigenvalue weighted by Crippen LogP contribution is 2.21. The van der Waals surface area contributed by atoms with E-state index in [1.165, 1.54) is 24.3 Å². The van der Waals surface area contributed by atoms with E-state index in [4.69, 9.17) is 0 Å². The number of halogens is 2. The smallest absolute Gasteiger partial charge is 0.243 e. The number of nitrogens with zero attached hydrogens (tertiary/aromatic N) is 2. The van der Waals surface area contributed by atoms with E-state index in [1.54, 1.807) is 4.90 Å². The van der Waals surface area contributed by atoms with Crippen molar-refractivity contribution >= 4 is 43.5 Å². The Morgan fingerprint density at radius 2 is 1.59 bits per heavy atom. The van der Waals surface area contributed by atoms with Crippen LogP contribution in [0.2, 0.25) is 0 Å². The lowest BCUT2D eigenvalue weighted by molar-refractivity contribution is -0.141. The standard InChI is InChI=1S/C31H37BrFN3O4S/c1-3-4-20-34-31(38)29(22-24-9-6-5-7-10-24)35(23-25-12-14-26(32)15-13-25)30(37)11-8-21-36(41(2,39)40)28-18-16-27(33)17-19-28/h5-7,9-10,12-19,29H,3-4,8,11,20-23H2,1-2H3,(H,34,38). The second-order valence-corrected chi connectivity index (χ2v) is 12.7. The summed E-state index contributed by atoms with van der Waals surface area (Å²) >= 11 is 3.44. The molecule has 0 saturated heterocycles. The van der Waals surface area contributed by atoms with Crippen LogP contribution in [0.25, 0.3) is 0 Å². The van der Waals surface area contributed by atoms with Crippen molar-refractivity contribution < 1.29 is 22.4 Å². The predicted octanol–water partition coefficient (Wildman–Crippen LogP) is 5.69. The van der Waals surface area contributed by atoms with Crippen LogP contribution in [-0.2, 0) is 32.6 Å². The molecule has 1 unspecified atom stereocenters. The minimum atomic E-state index is -3.67. The van der Waals surface area contributed by atoms with Gasteiger partial charge in [-0.2, -0.15) is 0 Å². The third kappa shape index (κ3) is 10.3. The Hall–Kier alpha value is -3.24. The summed E-state index contributed by atoms with van der Waals surface area (Å²) in [7, 11) is -3.67. The van der Waals surface area contributed by atoms with Gasteiger partial charge in [0.05, 0.1) is 11.9 Å². The third-order valence-corrected chi connectivity index (χ3v) is 8.36. The van der Waals surface area contributed by atoms with Crippen molar-refractivity contribution in [3.05, 3.63) is 100 Å². The number of hydrogen-bond donors (Lipinski definition) is 1. The van der Waals surface area contributed by atoms with E-state index in [9.17, 15) is 22.4 Å². The monoisotopic (exact) mass is 645 g/mol. The van der Waals surface area contributed by atoms with E-state index in [0.717, 1.165) is 39.0 Å². The van der Waals surface area contributed by atoms with E-state index >= 15 is 0 Å². The first kappa shape index (κ1) is 32.3. The zero-order chi connectivity index (χ0) is 29.8. The molecule has 220 valence electrons. The number of carbonyl (C=O) groups is 2. The Kier molecular flexibility index (Phi) is 12.3. The van der Waals surface area contributed by atoms with Gasteiger partial charge < -0.3 is 10.2 Å². The lowest BCUT2D eigenvalue weighted by Gasteiger charge is -2.32. The number of unbranched alkanes of at least 4 members (excludes halogenated alkanes) is 1. The maximum atomic E-state index is 13.8. The molecule has 3 aromatic carbocycles. The SMILES string of the molecule is CCCCNC(=O)C(Cc1ccccc1)N(Cc1ccc(Br)cc1)C(=O)CCCN(c1ccc(F)cc1)S(C)(=O)=O. The molecular formula is C31H37BrFN3O4S. The van der Waals surface area contributed by atoms with Crippen molar-refractivity contribution in [1.82, 2.24) is 10.2 Å². The van der Waals surface area contributed by atoms with Crippen LogP contribution in [0.1, 0.15) is 43.7 Å². The molecule has 1 atom stereocenters. The molecule has 2 amide bonds. The van der Waals surface area contributed by atoms with Crippen molar-refractivity contribution in [2.24, 2.45) is 0 Å². The van der Waals surface area contributed by atoms with Crippen LogP contribution >= 0.6 is 15.9 Å². The summed E-state index contributed by atoms with van der Waals surface area (Å²) in [5.41, 5.74) is 2.12. The average molecular weight is 647 g/mol. The molecule has 0 bridgehead atoms. The topological polar surface area (TPSA) is 86.8 Å². The third-order valence-electron chi connectivity index (χ3n) is 6.63. The van der Waals surface area contributed by atoms with Gasteiger partial charge in [0.25, 0.3) is 0 Å². The first-order valence-corrected chi connectivity index (χ1v) is 16.3. The summed E-state index contributed by atoms with van der Waals surface area (Å²) in [6.45, 7) is 2.82. The van der Waals surface area contributed by atoms with Crippen molar-refractivity contribution in [3.8, 4) is 0 Å². The lowest BCUT2D eigenvalue weighted by atomic mass is 10.0. The molecule has 41 heavy (non-hydrogen) atoms. The fraction of sp³-hybridized carbons (Fsp3) is 0.355. The maximum absolute atomic E-state index is 13.8. The van der Waals surface area contributed by atoms with Crippen molar-refractivity contribution in [3.63, 3.8) is 0 Å². The molecule has 3 rings (SSSR count). The Balaban J connectivity index is 1.86. The number of hydrogen-bond acceptors (Lipinski definition) is 4. The van der Waals surface area contributed by atoms with Crippen molar-refractivity contribution in [1.29, 1.82) is 0 Å². The Morgan fingerprint density at radius 3 is 2.20 bits per heavy atom. The van der Waals surface area contributed by atoms with E-state index in [1.807, 2.05) is 61.5 Å². The molecule has 0 aliphatic carbocycles. The fourth-order valence-electron chi connectivity index (χ4n) is 4.46. The molecule has 0 aromatic heterocycles. The minimum Gasteiger partial charge on any atom is -0.354 e. The van der Waals surface area contributed by atoms with Gasteiger partial charge in [0.1, 0.15) is 11.9 Å². The van der Waals surface area contributed by atoms with Gasteiger partial charge in [-0.05, 0) is 60.4 Å². The molecule has 7 nitrogen and oxygen atoms in total. The van der Waals surface area contributed by atoms with E-state index in [0.29, 0.717) is 18.7 Å². The van der Waals surface area contributed by atoms with Crippen molar-refractivity contribution in [2.45, 2.75) is 51.6 Å². The summed E-state index contributed by atoms with van der Waals surface area (Å²) in [4.78, 5) is 28.9. The van der Waals surface area contributed by atoms with Crippen molar-refractivity contribution in [2.75, 3.05) is 23.7 Å². The summed E-state index contributed by atoms with van der Waals surface area (Å²) < 4.78 is 40.5. The number of anilines is 1. The highest BCUT2D eigenvalue weighted by atomic mass is 79.9. The molecule has 1 N–H and O–H groups in total. The second-order valence-electron chi connectivity index (χ2n) is 9.91. The van der Waals surface area contributed by atoms with Crippen LogP contribution in [0, 0.1) is 5.82 Å². The molecule has 0 saturated carbocycles. The number of amides is 2. The van der Waals surface area contributed by atoms with Gasteiger partial charge >= 0.3 is 0 Å².